The lowest BCUT2D eigenvalue weighted by molar-refractivity contribution is 0.0792. The number of rotatable bonds is 2. The van der Waals surface area contributed by atoms with Crippen molar-refractivity contribution in [3.05, 3.63) is 28.2 Å². The van der Waals surface area contributed by atoms with Crippen LogP contribution in [0.25, 0.3) is 0 Å². The summed E-state index contributed by atoms with van der Waals surface area (Å²) in [5.74, 6) is -0.154. The Morgan fingerprint density at radius 2 is 1.83 bits per heavy atom. The van der Waals surface area contributed by atoms with Crippen molar-refractivity contribution in [2.75, 3.05) is 13.1 Å². The van der Waals surface area contributed by atoms with Gasteiger partial charge in [-0.15, -0.1) is 0 Å². The van der Waals surface area contributed by atoms with E-state index in [4.69, 9.17) is 5.14 Å². The third kappa shape index (κ3) is 2.90. The van der Waals surface area contributed by atoms with Gasteiger partial charge in [0, 0.05) is 23.1 Å². The maximum Gasteiger partial charge on any atom is 0.253 e. The lowest BCUT2D eigenvalue weighted by Gasteiger charge is -2.15. The quantitative estimate of drug-likeness (QED) is 0.887. The number of benzene rings is 1. The van der Waals surface area contributed by atoms with E-state index in [1.54, 1.807) is 11.0 Å². The maximum absolute atomic E-state index is 12.1. The molecule has 5 nitrogen and oxygen atoms in total. The van der Waals surface area contributed by atoms with Crippen molar-refractivity contribution < 1.29 is 13.2 Å². The molecule has 1 aliphatic heterocycles. The molecule has 0 aliphatic carbocycles. The second-order valence-corrected chi connectivity index (χ2v) is 6.70. The SMILES string of the molecule is NS(=O)(=O)c1cc(Br)cc(C(=O)N2CCCC2)c1. The summed E-state index contributed by atoms with van der Waals surface area (Å²) in [6.45, 7) is 1.44. The zero-order chi connectivity index (χ0) is 13.3. The first-order valence-electron chi connectivity index (χ1n) is 5.50. The molecule has 0 radical (unpaired) electrons. The number of likely N-dealkylation sites (tertiary alicyclic amines) is 1. The van der Waals surface area contributed by atoms with Gasteiger partial charge in [0.05, 0.1) is 4.90 Å². The summed E-state index contributed by atoms with van der Waals surface area (Å²) in [4.78, 5) is 13.8. The van der Waals surface area contributed by atoms with Gasteiger partial charge >= 0.3 is 0 Å². The van der Waals surface area contributed by atoms with Crippen molar-refractivity contribution in [1.29, 1.82) is 0 Å². The van der Waals surface area contributed by atoms with Gasteiger partial charge in [-0.05, 0) is 31.0 Å². The van der Waals surface area contributed by atoms with Gasteiger partial charge in [-0.3, -0.25) is 4.79 Å². The Kier molecular flexibility index (Phi) is 3.74. The Balaban J connectivity index is 2.39. The fourth-order valence-electron chi connectivity index (χ4n) is 1.95. The van der Waals surface area contributed by atoms with Crippen LogP contribution in [0, 0.1) is 0 Å². The van der Waals surface area contributed by atoms with Crippen molar-refractivity contribution in [3.63, 3.8) is 0 Å². The monoisotopic (exact) mass is 332 g/mol. The normalized spacial score (nSPS) is 16.0. The highest BCUT2D eigenvalue weighted by atomic mass is 79.9. The molecule has 1 aromatic rings. The molecule has 0 bridgehead atoms. The molecular formula is C11H13BrN2O3S. The molecule has 0 spiro atoms. The summed E-state index contributed by atoms with van der Waals surface area (Å²) < 4.78 is 23.2. The zero-order valence-electron chi connectivity index (χ0n) is 9.60. The average molecular weight is 333 g/mol. The van der Waals surface area contributed by atoms with E-state index in [9.17, 15) is 13.2 Å². The third-order valence-electron chi connectivity index (χ3n) is 2.84. The summed E-state index contributed by atoms with van der Waals surface area (Å²) in [5, 5.41) is 5.07. The van der Waals surface area contributed by atoms with Crippen LogP contribution in [0.5, 0.6) is 0 Å². The Morgan fingerprint density at radius 1 is 1.22 bits per heavy atom. The van der Waals surface area contributed by atoms with E-state index in [-0.39, 0.29) is 10.8 Å². The molecule has 0 aromatic heterocycles. The smallest absolute Gasteiger partial charge is 0.253 e. The van der Waals surface area contributed by atoms with Crippen molar-refractivity contribution in [2.45, 2.75) is 17.7 Å². The van der Waals surface area contributed by atoms with Gasteiger partial charge in [-0.1, -0.05) is 15.9 Å². The maximum atomic E-state index is 12.1. The number of primary sulfonamides is 1. The van der Waals surface area contributed by atoms with Gasteiger partial charge in [-0.2, -0.15) is 0 Å². The first-order chi connectivity index (χ1) is 8.38. The van der Waals surface area contributed by atoms with Gasteiger partial charge in [0.2, 0.25) is 10.0 Å². The van der Waals surface area contributed by atoms with Gasteiger partial charge in [0.25, 0.3) is 5.91 Å². The van der Waals surface area contributed by atoms with Crippen molar-refractivity contribution in [2.24, 2.45) is 5.14 Å². The summed E-state index contributed by atoms with van der Waals surface area (Å²) in [7, 11) is -3.81. The highest BCUT2D eigenvalue weighted by Crippen LogP contribution is 2.21. The minimum absolute atomic E-state index is 0.0561. The number of hydrogen-bond acceptors (Lipinski definition) is 3. The van der Waals surface area contributed by atoms with Crippen LogP contribution in [0.3, 0.4) is 0 Å². The van der Waals surface area contributed by atoms with E-state index in [1.165, 1.54) is 12.1 Å². The van der Waals surface area contributed by atoms with Crippen LogP contribution in [0.4, 0.5) is 0 Å². The van der Waals surface area contributed by atoms with Crippen LogP contribution in [-0.4, -0.2) is 32.3 Å². The third-order valence-corrected chi connectivity index (χ3v) is 4.19. The fraction of sp³-hybridized carbons (Fsp3) is 0.364. The predicted molar refractivity (Wildman–Crippen MR) is 70.7 cm³/mol. The Morgan fingerprint density at radius 3 is 2.39 bits per heavy atom. The van der Waals surface area contributed by atoms with Crippen LogP contribution >= 0.6 is 15.9 Å². The van der Waals surface area contributed by atoms with Crippen molar-refractivity contribution in [1.82, 2.24) is 4.90 Å². The number of hydrogen-bond donors (Lipinski definition) is 1. The highest BCUT2D eigenvalue weighted by Gasteiger charge is 2.21. The van der Waals surface area contributed by atoms with Crippen molar-refractivity contribution in [3.8, 4) is 0 Å². The van der Waals surface area contributed by atoms with E-state index in [1.807, 2.05) is 0 Å². The largest absolute Gasteiger partial charge is 0.339 e. The summed E-state index contributed by atoms with van der Waals surface area (Å²) in [6.07, 6.45) is 1.98. The van der Waals surface area contributed by atoms with Crippen LogP contribution in [0.15, 0.2) is 27.6 Å². The van der Waals surface area contributed by atoms with Crippen LogP contribution in [0.1, 0.15) is 23.2 Å². The van der Waals surface area contributed by atoms with E-state index in [0.717, 1.165) is 25.9 Å². The molecule has 0 saturated carbocycles. The molecule has 1 aromatic carbocycles. The minimum Gasteiger partial charge on any atom is -0.339 e. The van der Waals surface area contributed by atoms with Crippen LogP contribution in [0.2, 0.25) is 0 Å². The topological polar surface area (TPSA) is 80.5 Å². The lowest BCUT2D eigenvalue weighted by Crippen LogP contribution is -2.28. The summed E-state index contributed by atoms with van der Waals surface area (Å²) in [6, 6.07) is 4.31. The van der Waals surface area contributed by atoms with Gasteiger partial charge < -0.3 is 4.90 Å². The van der Waals surface area contributed by atoms with Crippen LogP contribution in [-0.2, 0) is 10.0 Å². The molecule has 2 N–H and O–H groups in total. The molecule has 1 heterocycles. The molecule has 1 fully saturated rings. The molecule has 7 heteroatoms. The fourth-order valence-corrected chi connectivity index (χ4v) is 3.18. The highest BCUT2D eigenvalue weighted by molar-refractivity contribution is 9.10. The lowest BCUT2D eigenvalue weighted by atomic mass is 10.2. The molecular weight excluding hydrogens is 320 g/mol. The molecule has 0 atom stereocenters. The predicted octanol–water partition coefficient (Wildman–Crippen LogP) is 1.33. The Bertz CT molecular complexity index is 580. The van der Waals surface area contributed by atoms with Gasteiger partial charge in [0.1, 0.15) is 0 Å². The zero-order valence-corrected chi connectivity index (χ0v) is 12.0. The number of nitrogens with two attached hydrogens (primary N) is 1. The van der Waals surface area contributed by atoms with E-state index >= 15 is 0 Å². The van der Waals surface area contributed by atoms with Gasteiger partial charge in [0.15, 0.2) is 0 Å². The van der Waals surface area contributed by atoms with Crippen molar-refractivity contribution >= 4 is 31.9 Å². The Labute approximate surface area is 114 Å². The Hall–Kier alpha value is -0.920. The molecule has 18 heavy (non-hydrogen) atoms. The minimum atomic E-state index is -3.81. The van der Waals surface area contributed by atoms with E-state index < -0.39 is 10.0 Å². The first kappa shape index (κ1) is 13.5. The summed E-state index contributed by atoms with van der Waals surface area (Å²) >= 11 is 3.19. The second kappa shape index (κ2) is 4.99. The number of nitrogens with zero attached hydrogens (tertiary/aromatic N) is 1. The second-order valence-electron chi connectivity index (χ2n) is 4.22. The standard InChI is InChI=1S/C11H13BrN2O3S/c12-9-5-8(6-10(7-9)18(13,16)17)11(15)14-3-1-2-4-14/h5-7H,1-4H2,(H2,13,16,17). The number of halogens is 1. The molecule has 1 saturated heterocycles. The molecule has 0 unspecified atom stereocenters. The number of sulfonamides is 1. The van der Waals surface area contributed by atoms with Crippen LogP contribution < -0.4 is 5.14 Å². The number of amides is 1. The molecule has 2 rings (SSSR count). The van der Waals surface area contributed by atoms with E-state index in [2.05, 4.69) is 15.9 Å². The number of carbonyl (C=O) groups is 1. The van der Waals surface area contributed by atoms with E-state index in [0.29, 0.717) is 10.0 Å². The molecule has 98 valence electrons. The van der Waals surface area contributed by atoms with Gasteiger partial charge in [-0.25, -0.2) is 13.6 Å². The number of carbonyl (C=O) groups excluding carboxylic acids is 1. The average Bonchev–Trinajstić information content (AvgIpc) is 2.79. The molecule has 1 amide bonds. The first-order valence-corrected chi connectivity index (χ1v) is 7.84. The summed E-state index contributed by atoms with van der Waals surface area (Å²) in [5.41, 5.74) is 0.343. The molecule has 1 aliphatic rings.